The molecule has 0 saturated carbocycles. The maximum absolute atomic E-state index is 11.1. The third-order valence-corrected chi connectivity index (χ3v) is 4.10. The summed E-state index contributed by atoms with van der Waals surface area (Å²) in [6.07, 6.45) is 0.794. The van der Waals surface area contributed by atoms with E-state index >= 15 is 0 Å². The van der Waals surface area contributed by atoms with Crippen LogP contribution < -0.4 is 5.73 Å². The van der Waals surface area contributed by atoms with Gasteiger partial charge in [-0.3, -0.25) is 4.90 Å². The summed E-state index contributed by atoms with van der Waals surface area (Å²) in [5, 5.41) is 9.55. The van der Waals surface area contributed by atoms with E-state index in [9.17, 15) is 4.79 Å². The van der Waals surface area contributed by atoms with Crippen LogP contribution in [-0.4, -0.2) is 28.6 Å². The van der Waals surface area contributed by atoms with E-state index in [4.69, 9.17) is 10.8 Å². The lowest BCUT2D eigenvalue weighted by atomic mass is 10.0. The molecule has 0 bridgehead atoms. The maximum atomic E-state index is 11.1. The summed E-state index contributed by atoms with van der Waals surface area (Å²) < 4.78 is 0. The number of thiophene rings is 1. The van der Waals surface area contributed by atoms with Gasteiger partial charge >= 0.3 is 5.97 Å². The predicted octanol–water partition coefficient (Wildman–Crippen LogP) is 1.80. The van der Waals surface area contributed by atoms with Crippen molar-refractivity contribution in [3.05, 3.63) is 16.0 Å². The molecule has 0 aromatic carbocycles. The molecule has 0 aliphatic carbocycles. The summed E-state index contributed by atoms with van der Waals surface area (Å²) in [4.78, 5) is 14.5. The lowest BCUT2D eigenvalue weighted by Crippen LogP contribution is -2.35. The number of hydrogen-bond donors (Lipinski definition) is 2. The molecule has 0 atom stereocenters. The van der Waals surface area contributed by atoms with Crippen LogP contribution in [0, 0.1) is 0 Å². The average molecular weight is 240 g/mol. The molecular formula is C11H16N2O2S. The Hall–Kier alpha value is -1.07. The Morgan fingerprint density at radius 1 is 1.56 bits per heavy atom. The van der Waals surface area contributed by atoms with Crippen molar-refractivity contribution in [2.75, 3.05) is 12.3 Å². The zero-order valence-corrected chi connectivity index (χ0v) is 10.3. The molecule has 0 amide bonds. The van der Waals surface area contributed by atoms with Crippen molar-refractivity contribution in [3.8, 4) is 0 Å². The van der Waals surface area contributed by atoms with Gasteiger partial charge in [0.2, 0.25) is 0 Å². The monoisotopic (exact) mass is 240 g/mol. The molecule has 0 radical (unpaired) electrons. The highest BCUT2D eigenvalue weighted by Gasteiger charge is 2.27. The van der Waals surface area contributed by atoms with E-state index in [1.54, 1.807) is 0 Å². The Labute approximate surface area is 98.7 Å². The maximum Gasteiger partial charge on any atom is 0.338 e. The molecular weight excluding hydrogens is 224 g/mol. The first-order valence-electron chi connectivity index (χ1n) is 5.38. The number of anilines is 1. The lowest BCUT2D eigenvalue weighted by Gasteiger charge is -2.30. The quantitative estimate of drug-likeness (QED) is 0.827. The van der Waals surface area contributed by atoms with Gasteiger partial charge in [0.25, 0.3) is 0 Å². The molecule has 1 aromatic rings. The van der Waals surface area contributed by atoms with Crippen molar-refractivity contribution in [2.24, 2.45) is 0 Å². The lowest BCUT2D eigenvalue weighted by molar-refractivity contribution is 0.0696. The van der Waals surface area contributed by atoms with Gasteiger partial charge in [-0.2, -0.15) is 0 Å². The van der Waals surface area contributed by atoms with Gasteiger partial charge in [0.05, 0.1) is 5.56 Å². The van der Waals surface area contributed by atoms with Gasteiger partial charge in [0, 0.05) is 24.0 Å². The summed E-state index contributed by atoms with van der Waals surface area (Å²) >= 11 is 1.42. The fourth-order valence-corrected chi connectivity index (χ4v) is 3.26. The van der Waals surface area contributed by atoms with Crippen LogP contribution >= 0.6 is 11.3 Å². The van der Waals surface area contributed by atoms with Crippen LogP contribution in [0.2, 0.25) is 0 Å². The number of aromatic carboxylic acids is 1. The second kappa shape index (κ2) is 4.07. The van der Waals surface area contributed by atoms with Crippen molar-refractivity contribution in [1.29, 1.82) is 0 Å². The highest BCUT2D eigenvalue weighted by molar-refractivity contribution is 7.16. The number of nitrogens with zero attached hydrogens (tertiary/aromatic N) is 1. The molecule has 16 heavy (non-hydrogen) atoms. The fraction of sp³-hybridized carbons (Fsp3) is 0.545. The van der Waals surface area contributed by atoms with Gasteiger partial charge in [-0.25, -0.2) is 4.79 Å². The van der Waals surface area contributed by atoms with E-state index in [1.807, 2.05) is 0 Å². The second-order valence-electron chi connectivity index (χ2n) is 4.36. The van der Waals surface area contributed by atoms with Crippen LogP contribution in [0.25, 0.3) is 0 Å². The van der Waals surface area contributed by atoms with Crippen LogP contribution in [0.3, 0.4) is 0 Å². The van der Waals surface area contributed by atoms with Gasteiger partial charge in [0.1, 0.15) is 5.00 Å². The number of rotatable bonds is 2. The smallest absolute Gasteiger partial charge is 0.338 e. The minimum Gasteiger partial charge on any atom is -0.478 e. The molecule has 2 rings (SSSR count). The van der Waals surface area contributed by atoms with Crippen LogP contribution in [0.4, 0.5) is 5.00 Å². The normalized spacial score (nSPS) is 16.4. The zero-order valence-electron chi connectivity index (χ0n) is 9.49. The number of fused-ring (bicyclic) bond motifs is 1. The molecule has 1 aromatic heterocycles. The van der Waals surface area contributed by atoms with Crippen LogP contribution in [0.1, 0.15) is 34.6 Å². The Bertz CT molecular complexity index is 426. The Morgan fingerprint density at radius 3 is 2.81 bits per heavy atom. The first-order chi connectivity index (χ1) is 7.50. The number of carboxylic acid groups (broad SMARTS) is 1. The zero-order chi connectivity index (χ0) is 11.9. The molecule has 5 heteroatoms. The van der Waals surface area contributed by atoms with Crippen molar-refractivity contribution in [1.82, 2.24) is 4.90 Å². The van der Waals surface area contributed by atoms with Gasteiger partial charge in [0.15, 0.2) is 0 Å². The summed E-state index contributed by atoms with van der Waals surface area (Å²) in [6, 6.07) is 0.491. The van der Waals surface area contributed by atoms with E-state index in [2.05, 4.69) is 18.7 Å². The summed E-state index contributed by atoms with van der Waals surface area (Å²) in [6.45, 7) is 6.05. The molecule has 0 spiro atoms. The number of carbonyl (C=O) groups is 1. The highest BCUT2D eigenvalue weighted by atomic mass is 32.1. The standard InChI is InChI=1S/C11H16N2O2S/c1-6(2)13-4-3-7-8(5-13)16-10(12)9(7)11(14)15/h6H,3-5,12H2,1-2H3,(H,14,15). The topological polar surface area (TPSA) is 66.6 Å². The van der Waals surface area contributed by atoms with E-state index in [0.717, 1.165) is 30.0 Å². The minimum absolute atomic E-state index is 0.336. The Kier molecular flexibility index (Phi) is 2.90. The van der Waals surface area contributed by atoms with E-state index in [0.29, 0.717) is 16.6 Å². The van der Waals surface area contributed by atoms with Crippen LogP contribution in [0.5, 0.6) is 0 Å². The summed E-state index contributed by atoms with van der Waals surface area (Å²) in [5.41, 5.74) is 7.05. The fourth-order valence-electron chi connectivity index (χ4n) is 2.12. The third-order valence-electron chi connectivity index (χ3n) is 3.06. The van der Waals surface area contributed by atoms with Gasteiger partial charge in [-0.15, -0.1) is 11.3 Å². The van der Waals surface area contributed by atoms with Gasteiger partial charge in [-0.1, -0.05) is 0 Å². The predicted molar refractivity (Wildman–Crippen MR) is 64.9 cm³/mol. The first kappa shape index (κ1) is 11.4. The Morgan fingerprint density at radius 2 is 2.25 bits per heavy atom. The highest BCUT2D eigenvalue weighted by Crippen LogP contribution is 2.35. The molecule has 1 aliphatic rings. The molecule has 0 fully saturated rings. The number of carboxylic acids is 1. The molecule has 0 saturated heterocycles. The van der Waals surface area contributed by atoms with Crippen LogP contribution in [-0.2, 0) is 13.0 Å². The van der Waals surface area contributed by atoms with Crippen molar-refractivity contribution < 1.29 is 9.90 Å². The summed E-state index contributed by atoms with van der Waals surface area (Å²) in [5.74, 6) is -0.895. The number of nitrogen functional groups attached to an aromatic ring is 1. The van der Waals surface area contributed by atoms with Crippen LogP contribution in [0.15, 0.2) is 0 Å². The van der Waals surface area contributed by atoms with Gasteiger partial charge < -0.3 is 10.8 Å². The van der Waals surface area contributed by atoms with E-state index in [1.165, 1.54) is 11.3 Å². The molecule has 1 aliphatic heterocycles. The molecule has 88 valence electrons. The molecule has 3 N–H and O–H groups in total. The second-order valence-corrected chi connectivity index (χ2v) is 5.50. The molecule has 2 heterocycles. The van der Waals surface area contributed by atoms with Crippen molar-refractivity contribution in [3.63, 3.8) is 0 Å². The summed E-state index contributed by atoms with van der Waals surface area (Å²) in [7, 11) is 0. The van der Waals surface area contributed by atoms with E-state index in [-0.39, 0.29) is 0 Å². The first-order valence-corrected chi connectivity index (χ1v) is 6.19. The number of nitrogens with two attached hydrogens (primary N) is 1. The molecule has 0 unspecified atom stereocenters. The third kappa shape index (κ3) is 1.81. The minimum atomic E-state index is -0.895. The number of hydrogen-bond acceptors (Lipinski definition) is 4. The Balaban J connectivity index is 2.35. The molecule has 4 nitrogen and oxygen atoms in total. The largest absolute Gasteiger partial charge is 0.478 e. The van der Waals surface area contributed by atoms with Gasteiger partial charge in [-0.05, 0) is 25.8 Å². The SMILES string of the molecule is CC(C)N1CCc2c(sc(N)c2C(=O)O)C1. The van der Waals surface area contributed by atoms with E-state index < -0.39 is 5.97 Å². The van der Waals surface area contributed by atoms with Crippen molar-refractivity contribution >= 4 is 22.3 Å². The van der Waals surface area contributed by atoms with Crippen molar-refractivity contribution in [2.45, 2.75) is 32.9 Å². The average Bonchev–Trinajstić information content (AvgIpc) is 2.51.